The second-order valence-corrected chi connectivity index (χ2v) is 2.51. The van der Waals surface area contributed by atoms with E-state index in [2.05, 4.69) is 25.3 Å². The van der Waals surface area contributed by atoms with Crippen LogP contribution < -0.4 is 0 Å². The summed E-state index contributed by atoms with van der Waals surface area (Å²) in [5.41, 5.74) is 4.31. The second kappa shape index (κ2) is 6.38. The summed E-state index contributed by atoms with van der Waals surface area (Å²) in [5.74, 6) is 0. The zero-order valence-corrected chi connectivity index (χ0v) is 6.98. The van der Waals surface area contributed by atoms with Crippen LogP contribution in [-0.4, -0.2) is 0 Å². The SMILES string of the molecule is C=C(C)CCCC=C=CC. The fourth-order valence-corrected chi connectivity index (χ4v) is 0.707. The zero-order chi connectivity index (χ0) is 7.82. The van der Waals surface area contributed by atoms with Crippen LogP contribution in [0.2, 0.25) is 0 Å². The van der Waals surface area contributed by atoms with Crippen molar-refractivity contribution >= 4 is 0 Å². The molecule has 0 saturated heterocycles. The molecule has 0 N–H and O–H groups in total. The topological polar surface area (TPSA) is 0 Å². The molecule has 0 rings (SSSR count). The van der Waals surface area contributed by atoms with Crippen LogP contribution in [0.4, 0.5) is 0 Å². The zero-order valence-electron chi connectivity index (χ0n) is 6.98. The smallest absolute Gasteiger partial charge is 0.0271 e. The highest BCUT2D eigenvalue weighted by atomic mass is 13.9. The lowest BCUT2D eigenvalue weighted by Gasteiger charge is -1.92. The highest BCUT2D eigenvalue weighted by molar-refractivity contribution is 4.89. The molecular formula is C10H16. The maximum atomic E-state index is 3.83. The van der Waals surface area contributed by atoms with Crippen LogP contribution in [0.5, 0.6) is 0 Å². The van der Waals surface area contributed by atoms with Crippen LogP contribution in [0, 0.1) is 0 Å². The molecule has 10 heavy (non-hydrogen) atoms. The van der Waals surface area contributed by atoms with Crippen molar-refractivity contribution in [2.45, 2.75) is 33.1 Å². The lowest BCUT2D eigenvalue weighted by molar-refractivity contribution is 0.835. The molecule has 0 atom stereocenters. The first-order valence-corrected chi connectivity index (χ1v) is 3.77. The van der Waals surface area contributed by atoms with Gasteiger partial charge in [0.2, 0.25) is 0 Å². The van der Waals surface area contributed by atoms with Crippen LogP contribution in [0.3, 0.4) is 0 Å². The average molecular weight is 136 g/mol. The average Bonchev–Trinajstić information content (AvgIpc) is 1.87. The Bertz CT molecular complexity index is 145. The summed E-state index contributed by atoms with van der Waals surface area (Å²) < 4.78 is 0. The van der Waals surface area contributed by atoms with Crippen molar-refractivity contribution in [1.82, 2.24) is 0 Å². The third kappa shape index (κ3) is 7.26. The van der Waals surface area contributed by atoms with Gasteiger partial charge in [0, 0.05) is 0 Å². The molecule has 0 aromatic heterocycles. The first-order valence-electron chi connectivity index (χ1n) is 3.77. The van der Waals surface area contributed by atoms with E-state index in [-0.39, 0.29) is 0 Å². The third-order valence-electron chi connectivity index (χ3n) is 1.24. The molecule has 0 amide bonds. The van der Waals surface area contributed by atoms with Crippen molar-refractivity contribution in [2.75, 3.05) is 0 Å². The first kappa shape index (κ1) is 9.26. The van der Waals surface area contributed by atoms with Crippen LogP contribution in [0.15, 0.2) is 30.0 Å². The monoisotopic (exact) mass is 136 g/mol. The van der Waals surface area contributed by atoms with E-state index in [1.807, 2.05) is 13.0 Å². The van der Waals surface area contributed by atoms with Gasteiger partial charge in [-0.3, -0.25) is 0 Å². The van der Waals surface area contributed by atoms with Crippen LogP contribution in [-0.2, 0) is 0 Å². The molecule has 0 fully saturated rings. The number of rotatable bonds is 4. The maximum absolute atomic E-state index is 3.83. The number of allylic oxidation sites excluding steroid dienone is 2. The highest BCUT2D eigenvalue weighted by Gasteiger charge is 1.83. The van der Waals surface area contributed by atoms with Crippen LogP contribution in [0.1, 0.15) is 33.1 Å². The van der Waals surface area contributed by atoms with E-state index in [1.165, 1.54) is 12.0 Å². The quantitative estimate of drug-likeness (QED) is 0.315. The Balaban J connectivity index is 3.21. The van der Waals surface area contributed by atoms with Gasteiger partial charge in [-0.1, -0.05) is 5.57 Å². The van der Waals surface area contributed by atoms with Crippen molar-refractivity contribution in [2.24, 2.45) is 0 Å². The molecule has 56 valence electrons. The number of hydrogen-bond acceptors (Lipinski definition) is 0. The Kier molecular flexibility index (Phi) is 5.91. The Morgan fingerprint density at radius 2 is 2.30 bits per heavy atom. The number of unbranched alkanes of at least 4 members (excludes halogenated alkanes) is 1. The normalized spacial score (nSPS) is 8.20. The van der Waals surface area contributed by atoms with Gasteiger partial charge in [0.25, 0.3) is 0 Å². The third-order valence-corrected chi connectivity index (χ3v) is 1.24. The molecule has 0 unspecified atom stereocenters. The van der Waals surface area contributed by atoms with Crippen LogP contribution in [0.25, 0.3) is 0 Å². The van der Waals surface area contributed by atoms with Gasteiger partial charge in [0.15, 0.2) is 0 Å². The lowest BCUT2D eigenvalue weighted by Crippen LogP contribution is -1.73. The summed E-state index contributed by atoms with van der Waals surface area (Å²) in [6.45, 7) is 7.88. The van der Waals surface area contributed by atoms with Gasteiger partial charge in [-0.05, 0) is 45.3 Å². The molecule has 0 heterocycles. The molecule has 0 aliphatic heterocycles. The Morgan fingerprint density at radius 3 is 2.80 bits per heavy atom. The molecule has 0 saturated carbocycles. The first-order chi connectivity index (χ1) is 4.77. The minimum absolute atomic E-state index is 1.12. The summed E-state index contributed by atoms with van der Waals surface area (Å²) in [5, 5.41) is 0. The summed E-state index contributed by atoms with van der Waals surface area (Å²) >= 11 is 0. The minimum atomic E-state index is 1.12. The van der Waals surface area contributed by atoms with Crippen molar-refractivity contribution < 1.29 is 0 Å². The Morgan fingerprint density at radius 1 is 1.60 bits per heavy atom. The number of hydrogen-bond donors (Lipinski definition) is 0. The van der Waals surface area contributed by atoms with Gasteiger partial charge in [-0.15, -0.1) is 12.3 Å². The molecule has 0 spiro atoms. The molecule has 0 aliphatic rings. The second-order valence-electron chi connectivity index (χ2n) is 2.51. The maximum Gasteiger partial charge on any atom is -0.0271 e. The van der Waals surface area contributed by atoms with Crippen molar-refractivity contribution in [3.05, 3.63) is 30.0 Å². The van der Waals surface area contributed by atoms with Gasteiger partial charge >= 0.3 is 0 Å². The van der Waals surface area contributed by atoms with E-state index < -0.39 is 0 Å². The Labute approximate surface area is 64.0 Å². The fraction of sp³-hybridized carbons (Fsp3) is 0.500. The Hall–Kier alpha value is -0.740. The van der Waals surface area contributed by atoms with E-state index in [0.29, 0.717) is 0 Å². The van der Waals surface area contributed by atoms with Gasteiger partial charge < -0.3 is 0 Å². The van der Waals surface area contributed by atoms with Crippen molar-refractivity contribution in [3.8, 4) is 0 Å². The summed E-state index contributed by atoms with van der Waals surface area (Å²) in [6.07, 6.45) is 7.47. The molecule has 0 aromatic rings. The van der Waals surface area contributed by atoms with E-state index in [1.54, 1.807) is 0 Å². The van der Waals surface area contributed by atoms with E-state index in [4.69, 9.17) is 0 Å². The van der Waals surface area contributed by atoms with Gasteiger partial charge in [-0.25, -0.2) is 0 Å². The summed E-state index contributed by atoms with van der Waals surface area (Å²) in [4.78, 5) is 0. The predicted molar refractivity (Wildman–Crippen MR) is 47.0 cm³/mol. The molecule has 0 aliphatic carbocycles. The van der Waals surface area contributed by atoms with Gasteiger partial charge in [0.05, 0.1) is 0 Å². The van der Waals surface area contributed by atoms with Crippen molar-refractivity contribution in [1.29, 1.82) is 0 Å². The summed E-state index contributed by atoms with van der Waals surface area (Å²) in [7, 11) is 0. The highest BCUT2D eigenvalue weighted by Crippen LogP contribution is 2.03. The molecule has 0 nitrogen and oxygen atoms in total. The fourth-order valence-electron chi connectivity index (χ4n) is 0.707. The van der Waals surface area contributed by atoms with E-state index in [9.17, 15) is 0 Å². The molecular weight excluding hydrogens is 120 g/mol. The molecule has 0 bridgehead atoms. The predicted octanol–water partition coefficient (Wildman–Crippen LogP) is 3.46. The van der Waals surface area contributed by atoms with Gasteiger partial charge in [0.1, 0.15) is 0 Å². The van der Waals surface area contributed by atoms with E-state index >= 15 is 0 Å². The van der Waals surface area contributed by atoms with Gasteiger partial charge in [-0.2, -0.15) is 0 Å². The minimum Gasteiger partial charge on any atom is -0.130 e. The molecule has 0 heteroatoms. The lowest BCUT2D eigenvalue weighted by atomic mass is 10.1. The van der Waals surface area contributed by atoms with Crippen molar-refractivity contribution in [3.63, 3.8) is 0 Å². The molecule has 0 radical (unpaired) electrons. The standard InChI is InChI=1S/C10H16/c1-4-5-6-7-8-9-10(2)3/h4,6H,2,7-9H2,1,3H3. The largest absolute Gasteiger partial charge is 0.130 e. The molecule has 0 aromatic carbocycles. The summed E-state index contributed by atoms with van der Waals surface area (Å²) in [6, 6.07) is 0. The van der Waals surface area contributed by atoms with Crippen LogP contribution >= 0.6 is 0 Å². The van der Waals surface area contributed by atoms with E-state index in [0.717, 1.165) is 12.8 Å².